The van der Waals surface area contributed by atoms with E-state index < -0.39 is 0 Å². The molecule has 23 heavy (non-hydrogen) atoms. The minimum absolute atomic E-state index is 0.104. The molecule has 2 heterocycles. The molecule has 0 atom stereocenters. The lowest BCUT2D eigenvalue weighted by atomic mass is 10.2. The first kappa shape index (κ1) is 17.2. The van der Waals surface area contributed by atoms with Crippen molar-refractivity contribution in [2.75, 3.05) is 46.4 Å². The molecule has 2 N–H and O–H groups in total. The molecule has 2 rings (SSSR count). The lowest BCUT2D eigenvalue weighted by Crippen LogP contribution is -2.42. The summed E-state index contributed by atoms with van der Waals surface area (Å²) < 4.78 is 6.49. The molecule has 126 valence electrons. The van der Waals surface area contributed by atoms with Crippen LogP contribution in [-0.2, 0) is 16.1 Å². The molecule has 1 aromatic rings. The average molecular weight is 322 g/mol. The van der Waals surface area contributed by atoms with Crippen molar-refractivity contribution in [3.8, 4) is 0 Å². The van der Waals surface area contributed by atoms with E-state index in [0.717, 1.165) is 32.8 Å². The number of pyridine rings is 1. The number of nitrogens with one attached hydrogen (secondary N) is 2. The average Bonchev–Trinajstić information content (AvgIpc) is 2.57. The smallest absolute Gasteiger partial charge is 0.252 e. The predicted molar refractivity (Wildman–Crippen MR) is 84.4 cm³/mol. The number of morpholine rings is 1. The summed E-state index contributed by atoms with van der Waals surface area (Å²) in [6, 6.07) is 2.72. The van der Waals surface area contributed by atoms with Crippen LogP contribution in [0.4, 0.5) is 0 Å². The molecule has 1 aliphatic heterocycles. The Morgan fingerprint density at radius 3 is 2.70 bits per heavy atom. The van der Waals surface area contributed by atoms with Gasteiger partial charge in [0.2, 0.25) is 5.91 Å². The summed E-state index contributed by atoms with van der Waals surface area (Å²) in [4.78, 5) is 37.5. The molecule has 0 saturated carbocycles. The number of carbonyl (C=O) groups is 2. The lowest BCUT2D eigenvalue weighted by molar-refractivity contribution is -0.121. The molecule has 2 amide bonds. The third-order valence-corrected chi connectivity index (χ3v) is 3.64. The van der Waals surface area contributed by atoms with Crippen LogP contribution in [0.15, 0.2) is 23.1 Å². The number of amides is 2. The molecule has 1 aliphatic rings. The van der Waals surface area contributed by atoms with Crippen molar-refractivity contribution in [3.63, 3.8) is 0 Å². The van der Waals surface area contributed by atoms with Gasteiger partial charge in [-0.3, -0.25) is 19.3 Å². The first-order valence-corrected chi connectivity index (χ1v) is 7.59. The molecule has 0 aromatic carbocycles. The normalized spacial score (nSPS) is 15.2. The van der Waals surface area contributed by atoms with Crippen molar-refractivity contribution < 1.29 is 14.3 Å². The number of ether oxygens (including phenoxy) is 1. The minimum Gasteiger partial charge on any atom is -0.379 e. The van der Waals surface area contributed by atoms with E-state index in [1.54, 1.807) is 0 Å². The number of nitrogens with zero attached hydrogens (tertiary/aromatic N) is 2. The van der Waals surface area contributed by atoms with Crippen molar-refractivity contribution in [2.24, 2.45) is 0 Å². The monoisotopic (exact) mass is 322 g/mol. The van der Waals surface area contributed by atoms with E-state index in [-0.39, 0.29) is 23.9 Å². The van der Waals surface area contributed by atoms with Crippen LogP contribution in [0.25, 0.3) is 0 Å². The molecular formula is C15H22N4O4. The molecule has 1 aromatic heterocycles. The number of aromatic nitrogens is 1. The van der Waals surface area contributed by atoms with E-state index in [0.29, 0.717) is 12.1 Å². The van der Waals surface area contributed by atoms with Gasteiger partial charge in [0.1, 0.15) is 6.54 Å². The van der Waals surface area contributed by atoms with E-state index in [1.165, 1.54) is 29.9 Å². The van der Waals surface area contributed by atoms with Gasteiger partial charge in [-0.1, -0.05) is 0 Å². The maximum atomic E-state index is 11.9. The standard InChI is InChI=1S/C15H22N4O4/c1-16-15(22)12-2-3-14(21)19(10-12)11-13(20)17-4-5-18-6-8-23-9-7-18/h2-3,10H,4-9,11H2,1H3,(H,16,22)(H,17,20). The Kier molecular flexibility index (Phi) is 6.30. The summed E-state index contributed by atoms with van der Waals surface area (Å²) in [5.41, 5.74) is 0.0224. The fraction of sp³-hybridized carbons (Fsp3) is 0.533. The van der Waals surface area contributed by atoms with Gasteiger partial charge in [-0.25, -0.2) is 0 Å². The van der Waals surface area contributed by atoms with Gasteiger partial charge in [0.25, 0.3) is 11.5 Å². The van der Waals surface area contributed by atoms with Crippen LogP contribution in [0.5, 0.6) is 0 Å². The third kappa shape index (κ3) is 5.19. The van der Waals surface area contributed by atoms with E-state index in [9.17, 15) is 14.4 Å². The second kappa shape index (κ2) is 8.44. The van der Waals surface area contributed by atoms with Gasteiger partial charge in [-0.2, -0.15) is 0 Å². The molecule has 8 heteroatoms. The van der Waals surface area contributed by atoms with Crippen LogP contribution < -0.4 is 16.2 Å². The largest absolute Gasteiger partial charge is 0.379 e. The Labute approximate surface area is 134 Å². The Bertz CT molecular complexity index is 608. The van der Waals surface area contributed by atoms with Crippen LogP contribution in [0, 0.1) is 0 Å². The first-order valence-electron chi connectivity index (χ1n) is 7.59. The van der Waals surface area contributed by atoms with Crippen LogP contribution in [0.3, 0.4) is 0 Å². The zero-order valence-corrected chi connectivity index (χ0v) is 13.2. The first-order chi connectivity index (χ1) is 11.1. The number of carbonyl (C=O) groups excluding carboxylic acids is 2. The molecule has 1 fully saturated rings. The molecule has 0 spiro atoms. The van der Waals surface area contributed by atoms with E-state index >= 15 is 0 Å². The highest BCUT2D eigenvalue weighted by Crippen LogP contribution is 1.96. The van der Waals surface area contributed by atoms with Crippen molar-refractivity contribution in [3.05, 3.63) is 34.2 Å². The van der Waals surface area contributed by atoms with Crippen molar-refractivity contribution in [1.29, 1.82) is 0 Å². The summed E-state index contributed by atoms with van der Waals surface area (Å²) in [7, 11) is 1.51. The highest BCUT2D eigenvalue weighted by molar-refractivity contribution is 5.93. The maximum absolute atomic E-state index is 11.9. The predicted octanol–water partition coefficient (Wildman–Crippen LogP) is -1.34. The Balaban J connectivity index is 1.84. The van der Waals surface area contributed by atoms with Gasteiger partial charge in [-0.05, 0) is 6.07 Å². The summed E-state index contributed by atoms with van der Waals surface area (Å²) in [5.74, 6) is -0.555. The second-order valence-corrected chi connectivity index (χ2v) is 5.27. The fourth-order valence-corrected chi connectivity index (χ4v) is 2.32. The highest BCUT2D eigenvalue weighted by Gasteiger charge is 2.11. The van der Waals surface area contributed by atoms with Crippen molar-refractivity contribution in [1.82, 2.24) is 20.1 Å². The third-order valence-electron chi connectivity index (χ3n) is 3.64. The van der Waals surface area contributed by atoms with Gasteiger partial charge in [0.15, 0.2) is 0 Å². The number of hydrogen-bond acceptors (Lipinski definition) is 5. The molecule has 0 aliphatic carbocycles. The topological polar surface area (TPSA) is 92.7 Å². The van der Waals surface area contributed by atoms with E-state index in [2.05, 4.69) is 15.5 Å². The zero-order valence-electron chi connectivity index (χ0n) is 13.2. The molecular weight excluding hydrogens is 300 g/mol. The number of hydrogen-bond donors (Lipinski definition) is 2. The molecule has 0 unspecified atom stereocenters. The van der Waals surface area contributed by atoms with Gasteiger partial charge < -0.3 is 19.9 Å². The Hall–Kier alpha value is -2.19. The number of rotatable bonds is 6. The maximum Gasteiger partial charge on any atom is 0.252 e. The summed E-state index contributed by atoms with van der Waals surface area (Å²) in [6.07, 6.45) is 1.39. The van der Waals surface area contributed by atoms with E-state index in [1.807, 2.05) is 0 Å². The van der Waals surface area contributed by atoms with Gasteiger partial charge in [-0.15, -0.1) is 0 Å². The van der Waals surface area contributed by atoms with Gasteiger partial charge in [0, 0.05) is 45.5 Å². The van der Waals surface area contributed by atoms with Crippen LogP contribution in [0.2, 0.25) is 0 Å². The Morgan fingerprint density at radius 2 is 2.00 bits per heavy atom. The molecule has 0 bridgehead atoms. The fourth-order valence-electron chi connectivity index (χ4n) is 2.32. The van der Waals surface area contributed by atoms with Crippen LogP contribution in [-0.4, -0.2) is 67.7 Å². The summed E-state index contributed by atoms with van der Waals surface area (Å²) in [5, 5.41) is 5.27. The van der Waals surface area contributed by atoms with Crippen molar-refractivity contribution >= 4 is 11.8 Å². The quantitative estimate of drug-likeness (QED) is 0.676. The van der Waals surface area contributed by atoms with Crippen LogP contribution in [0.1, 0.15) is 10.4 Å². The molecule has 0 radical (unpaired) electrons. The Morgan fingerprint density at radius 1 is 1.26 bits per heavy atom. The van der Waals surface area contributed by atoms with Gasteiger partial charge >= 0.3 is 0 Å². The van der Waals surface area contributed by atoms with Gasteiger partial charge in [0.05, 0.1) is 18.8 Å². The zero-order chi connectivity index (χ0) is 16.7. The molecule has 8 nitrogen and oxygen atoms in total. The van der Waals surface area contributed by atoms with Crippen LogP contribution >= 0.6 is 0 Å². The second-order valence-electron chi connectivity index (χ2n) is 5.27. The summed E-state index contributed by atoms with van der Waals surface area (Å²) in [6.45, 7) is 4.33. The highest BCUT2D eigenvalue weighted by atomic mass is 16.5. The van der Waals surface area contributed by atoms with E-state index in [4.69, 9.17) is 4.74 Å². The lowest BCUT2D eigenvalue weighted by Gasteiger charge is -2.26. The molecule has 1 saturated heterocycles. The summed E-state index contributed by atoms with van der Waals surface area (Å²) >= 11 is 0. The SMILES string of the molecule is CNC(=O)c1ccc(=O)n(CC(=O)NCCN2CCOCC2)c1. The van der Waals surface area contributed by atoms with Crippen molar-refractivity contribution in [2.45, 2.75) is 6.54 Å². The minimum atomic E-state index is -0.319.